The van der Waals surface area contributed by atoms with Gasteiger partial charge >= 0.3 is 0 Å². The fraction of sp³-hybridized carbons (Fsp3) is 0.474. The molecule has 1 saturated heterocycles. The first-order valence-corrected chi connectivity index (χ1v) is 10.9. The minimum Gasteiger partial charge on any atom is -0.493 e. The van der Waals surface area contributed by atoms with E-state index < -0.39 is 10.0 Å². The van der Waals surface area contributed by atoms with E-state index in [1.807, 2.05) is 0 Å². The van der Waals surface area contributed by atoms with Gasteiger partial charge in [0.1, 0.15) is 0 Å². The van der Waals surface area contributed by atoms with Crippen molar-refractivity contribution in [2.45, 2.75) is 30.8 Å². The Bertz CT molecular complexity index is 1060. The van der Waals surface area contributed by atoms with Crippen LogP contribution < -0.4 is 9.47 Å². The number of carbonyl (C=O) groups is 1. The lowest BCUT2D eigenvalue weighted by molar-refractivity contribution is 0.0784. The largest absolute Gasteiger partial charge is 0.493 e. The van der Waals surface area contributed by atoms with E-state index in [-0.39, 0.29) is 23.9 Å². The van der Waals surface area contributed by atoms with E-state index in [4.69, 9.17) is 9.47 Å². The summed E-state index contributed by atoms with van der Waals surface area (Å²) < 4.78 is 39.8. The number of aromatic nitrogens is 2. The van der Waals surface area contributed by atoms with Crippen LogP contribution in [-0.2, 0) is 30.2 Å². The number of ether oxygens (including phenoxy) is 2. The summed E-state index contributed by atoms with van der Waals surface area (Å²) in [5.74, 6) is 0.681. The van der Waals surface area contributed by atoms with Crippen LogP contribution in [0.3, 0.4) is 0 Å². The Morgan fingerprint density at radius 2 is 1.76 bits per heavy atom. The molecule has 0 bridgehead atoms. The molecule has 1 amide bonds. The highest BCUT2D eigenvalue weighted by atomic mass is 32.2. The van der Waals surface area contributed by atoms with Gasteiger partial charge in [-0.1, -0.05) is 0 Å². The van der Waals surface area contributed by atoms with Gasteiger partial charge < -0.3 is 14.4 Å². The molecule has 0 unspecified atom stereocenters. The van der Waals surface area contributed by atoms with Crippen LogP contribution in [0.25, 0.3) is 0 Å². The Balaban J connectivity index is 1.64. The number of rotatable bonds is 5. The summed E-state index contributed by atoms with van der Waals surface area (Å²) in [5.41, 5.74) is 1.79. The van der Waals surface area contributed by atoms with Crippen molar-refractivity contribution < 1.29 is 22.7 Å². The fourth-order valence-electron chi connectivity index (χ4n) is 3.90. The van der Waals surface area contributed by atoms with Crippen LogP contribution in [0, 0.1) is 0 Å². The molecule has 0 aliphatic carbocycles. The number of fused-ring (bicyclic) bond motifs is 1. The molecule has 2 aliphatic heterocycles. The fourth-order valence-corrected chi connectivity index (χ4v) is 5.29. The van der Waals surface area contributed by atoms with Crippen LogP contribution >= 0.6 is 0 Å². The van der Waals surface area contributed by atoms with Crippen molar-refractivity contribution in [3.05, 3.63) is 35.2 Å². The average molecular weight is 420 g/mol. The molecule has 0 saturated carbocycles. The quantitative estimate of drug-likeness (QED) is 0.725. The van der Waals surface area contributed by atoms with Crippen molar-refractivity contribution >= 4 is 15.9 Å². The molecule has 0 radical (unpaired) electrons. The third-order valence-electron chi connectivity index (χ3n) is 5.52. The second-order valence-electron chi connectivity index (χ2n) is 7.19. The van der Waals surface area contributed by atoms with Gasteiger partial charge in [-0.3, -0.25) is 9.48 Å². The third-order valence-corrected chi connectivity index (χ3v) is 7.31. The van der Waals surface area contributed by atoms with Gasteiger partial charge in [-0.2, -0.15) is 9.40 Å². The zero-order valence-corrected chi connectivity index (χ0v) is 17.5. The lowest BCUT2D eigenvalue weighted by Gasteiger charge is -2.18. The van der Waals surface area contributed by atoms with Crippen LogP contribution in [0.4, 0.5) is 0 Å². The molecule has 9 nitrogen and oxygen atoms in total. The first kappa shape index (κ1) is 19.7. The average Bonchev–Trinajstić information content (AvgIpc) is 3.45. The summed E-state index contributed by atoms with van der Waals surface area (Å²) in [4.78, 5) is 14.8. The monoisotopic (exact) mass is 420 g/mol. The molecule has 1 aromatic carbocycles. The molecule has 3 heterocycles. The van der Waals surface area contributed by atoms with Crippen molar-refractivity contribution in [2.75, 3.05) is 27.3 Å². The molecule has 2 aliphatic rings. The van der Waals surface area contributed by atoms with Gasteiger partial charge in [0.05, 0.1) is 31.4 Å². The Labute approximate surface area is 169 Å². The number of carbonyl (C=O) groups excluding carboxylic acids is 1. The molecule has 1 aromatic heterocycles. The highest BCUT2D eigenvalue weighted by Gasteiger charge is 2.38. The number of likely N-dealkylation sites (tertiary alicyclic amines) is 1. The lowest BCUT2D eigenvalue weighted by atomic mass is 10.2. The molecule has 0 spiro atoms. The molecular weight excluding hydrogens is 396 g/mol. The van der Waals surface area contributed by atoms with Gasteiger partial charge in [0.25, 0.3) is 5.91 Å². The number of amides is 1. The Morgan fingerprint density at radius 3 is 2.41 bits per heavy atom. The number of methoxy groups -OCH3 is 2. The number of hydrogen-bond acceptors (Lipinski definition) is 6. The molecule has 1 fully saturated rings. The van der Waals surface area contributed by atoms with Gasteiger partial charge in [0.15, 0.2) is 17.2 Å². The smallest absolute Gasteiger partial charge is 0.274 e. The minimum absolute atomic E-state index is 0.114. The number of sulfonamides is 1. The molecule has 0 atom stereocenters. The van der Waals surface area contributed by atoms with Gasteiger partial charge in [0.2, 0.25) is 10.0 Å². The van der Waals surface area contributed by atoms with E-state index in [1.54, 1.807) is 22.7 Å². The highest BCUT2D eigenvalue weighted by molar-refractivity contribution is 7.89. The Kier molecular flexibility index (Phi) is 4.99. The molecule has 10 heteroatoms. The van der Waals surface area contributed by atoms with Crippen molar-refractivity contribution in [1.82, 2.24) is 19.0 Å². The molecule has 156 valence electrons. The summed E-state index contributed by atoms with van der Waals surface area (Å²) in [6.07, 6.45) is 1.97. The first-order chi connectivity index (χ1) is 13.9. The zero-order chi connectivity index (χ0) is 20.8. The van der Waals surface area contributed by atoms with Crippen molar-refractivity contribution in [1.29, 1.82) is 0 Å². The van der Waals surface area contributed by atoms with E-state index >= 15 is 0 Å². The summed E-state index contributed by atoms with van der Waals surface area (Å²) in [5, 5.41) is 4.38. The number of benzene rings is 1. The van der Waals surface area contributed by atoms with Gasteiger partial charge in [0, 0.05) is 38.3 Å². The number of nitrogens with zero attached hydrogens (tertiary/aromatic N) is 4. The summed E-state index contributed by atoms with van der Waals surface area (Å²) in [6, 6.07) is 4.51. The van der Waals surface area contributed by atoms with Crippen molar-refractivity contribution in [3.63, 3.8) is 0 Å². The zero-order valence-electron chi connectivity index (χ0n) is 16.7. The summed E-state index contributed by atoms with van der Waals surface area (Å²) >= 11 is 0. The molecular formula is C19H24N4O5S. The van der Waals surface area contributed by atoms with E-state index in [2.05, 4.69) is 5.10 Å². The van der Waals surface area contributed by atoms with Gasteiger partial charge in [-0.15, -0.1) is 0 Å². The normalized spacial score (nSPS) is 16.9. The standard InChI is InChI=1S/C19H24N4O5S/c1-21-15-12-23(11-14(15)18(20-21)19(24)22-8-4-5-9-22)29(25,26)13-6-7-16(27-2)17(10-13)28-3/h6-7,10H,4-5,8-9,11-12H2,1-3H3. The van der Waals surface area contributed by atoms with E-state index in [9.17, 15) is 13.2 Å². The van der Waals surface area contributed by atoms with Crippen molar-refractivity contribution in [2.24, 2.45) is 7.05 Å². The van der Waals surface area contributed by atoms with Gasteiger partial charge in [-0.05, 0) is 25.0 Å². The highest BCUT2D eigenvalue weighted by Crippen LogP contribution is 2.35. The van der Waals surface area contributed by atoms with Crippen LogP contribution in [0.1, 0.15) is 34.6 Å². The summed E-state index contributed by atoms with van der Waals surface area (Å²) in [7, 11) is 0.917. The van der Waals surface area contributed by atoms with E-state index in [1.165, 1.54) is 30.7 Å². The molecule has 0 N–H and O–H groups in total. The molecule has 4 rings (SSSR count). The van der Waals surface area contributed by atoms with Crippen molar-refractivity contribution in [3.8, 4) is 11.5 Å². The van der Waals surface area contributed by atoms with Crippen LogP contribution in [-0.4, -0.2) is 60.6 Å². The third kappa shape index (κ3) is 3.25. The maximum absolute atomic E-state index is 13.2. The van der Waals surface area contributed by atoms with E-state index in [0.717, 1.165) is 31.6 Å². The number of hydrogen-bond donors (Lipinski definition) is 0. The Hall–Kier alpha value is -2.59. The minimum atomic E-state index is -3.78. The van der Waals surface area contributed by atoms with Crippen LogP contribution in [0.5, 0.6) is 11.5 Å². The predicted molar refractivity (Wildman–Crippen MR) is 104 cm³/mol. The van der Waals surface area contributed by atoms with E-state index in [0.29, 0.717) is 22.8 Å². The SMILES string of the molecule is COc1ccc(S(=O)(=O)N2Cc3c(C(=O)N4CCCC4)nn(C)c3C2)cc1OC. The number of aryl methyl sites for hydroxylation is 1. The van der Waals surface area contributed by atoms with Gasteiger partial charge in [-0.25, -0.2) is 8.42 Å². The Morgan fingerprint density at radius 1 is 1.07 bits per heavy atom. The molecule has 29 heavy (non-hydrogen) atoms. The second-order valence-corrected chi connectivity index (χ2v) is 9.12. The first-order valence-electron chi connectivity index (χ1n) is 9.43. The summed E-state index contributed by atoms with van der Waals surface area (Å²) in [6.45, 7) is 1.73. The topological polar surface area (TPSA) is 94.0 Å². The second kappa shape index (κ2) is 7.34. The lowest BCUT2D eigenvalue weighted by Crippen LogP contribution is -2.30. The maximum Gasteiger partial charge on any atom is 0.274 e. The van der Waals surface area contributed by atoms with Crippen LogP contribution in [0.2, 0.25) is 0 Å². The predicted octanol–water partition coefficient (Wildman–Crippen LogP) is 1.38. The molecule has 2 aromatic rings. The maximum atomic E-state index is 13.2. The van der Waals surface area contributed by atoms with Crippen LogP contribution in [0.15, 0.2) is 23.1 Å².